The number of nitrogens with one attached hydrogen (secondary N) is 1. The van der Waals surface area contributed by atoms with Gasteiger partial charge in [0, 0.05) is 5.69 Å². The summed E-state index contributed by atoms with van der Waals surface area (Å²) in [4.78, 5) is 24.8. The van der Waals surface area contributed by atoms with Crippen LogP contribution in [-0.4, -0.2) is 22.5 Å². The van der Waals surface area contributed by atoms with Crippen LogP contribution in [0.1, 0.15) is 49.4 Å². The number of hydrogen-bond acceptors (Lipinski definition) is 3. The van der Waals surface area contributed by atoms with Crippen LogP contribution in [0, 0.1) is 11.7 Å². The van der Waals surface area contributed by atoms with Crippen molar-refractivity contribution in [3.63, 3.8) is 0 Å². The van der Waals surface area contributed by atoms with Crippen LogP contribution in [0.15, 0.2) is 42.5 Å². The van der Waals surface area contributed by atoms with Gasteiger partial charge in [-0.15, -0.1) is 0 Å². The molecule has 0 aromatic heterocycles. The second-order valence-electron chi connectivity index (χ2n) is 7.61. The van der Waals surface area contributed by atoms with Crippen LogP contribution >= 0.6 is 0 Å². The molecule has 3 rings (SSSR count). The summed E-state index contributed by atoms with van der Waals surface area (Å²) in [6.45, 7) is 1.57. The van der Waals surface area contributed by atoms with Gasteiger partial charge in [0.15, 0.2) is 0 Å². The summed E-state index contributed by atoms with van der Waals surface area (Å²) in [6, 6.07) is 10.9. The van der Waals surface area contributed by atoms with E-state index in [1.54, 1.807) is 37.3 Å². The summed E-state index contributed by atoms with van der Waals surface area (Å²) in [5.74, 6) is -2.03. The lowest BCUT2D eigenvalue weighted by atomic mass is 9.75. The molecule has 0 saturated heterocycles. The number of nitrogen functional groups attached to an aromatic ring is 1. The number of hydrogen-bond donors (Lipinski definition) is 3. The Bertz CT molecular complexity index is 893. The van der Waals surface area contributed by atoms with Crippen molar-refractivity contribution in [1.82, 2.24) is 5.32 Å². The smallest absolute Gasteiger partial charge is 0.329 e. The van der Waals surface area contributed by atoms with Crippen LogP contribution < -0.4 is 11.1 Å². The Hall–Kier alpha value is -2.89. The summed E-state index contributed by atoms with van der Waals surface area (Å²) in [5, 5.41) is 12.5. The molecule has 2 aromatic carbocycles. The Morgan fingerprint density at radius 2 is 1.79 bits per heavy atom. The van der Waals surface area contributed by atoms with Gasteiger partial charge in [-0.3, -0.25) is 4.79 Å². The third-order valence-electron chi connectivity index (χ3n) is 5.69. The topological polar surface area (TPSA) is 92.4 Å². The van der Waals surface area contributed by atoms with Crippen molar-refractivity contribution in [1.29, 1.82) is 0 Å². The summed E-state index contributed by atoms with van der Waals surface area (Å²) >= 11 is 0. The van der Waals surface area contributed by atoms with Gasteiger partial charge in [0.2, 0.25) is 0 Å². The van der Waals surface area contributed by atoms with Crippen molar-refractivity contribution in [2.24, 2.45) is 5.92 Å². The maximum atomic E-state index is 13.4. The maximum absolute atomic E-state index is 13.4. The number of carbonyl (C=O) groups is 2. The van der Waals surface area contributed by atoms with Gasteiger partial charge in [-0.2, -0.15) is 0 Å². The average Bonchev–Trinajstić information content (AvgIpc) is 2.68. The molecule has 0 spiro atoms. The second kappa shape index (κ2) is 8.00. The summed E-state index contributed by atoms with van der Waals surface area (Å²) in [7, 11) is 0. The van der Waals surface area contributed by atoms with Gasteiger partial charge in [0.05, 0.1) is 5.56 Å². The highest BCUT2D eigenvalue weighted by Crippen LogP contribution is 2.33. The summed E-state index contributed by atoms with van der Waals surface area (Å²) in [5.41, 5.74) is 6.49. The molecule has 1 saturated carbocycles. The molecule has 0 heterocycles. The van der Waals surface area contributed by atoms with Crippen molar-refractivity contribution >= 4 is 17.6 Å². The number of nitrogens with two attached hydrogens (primary N) is 1. The van der Waals surface area contributed by atoms with E-state index in [0.29, 0.717) is 11.1 Å². The maximum Gasteiger partial charge on any atom is 0.329 e. The van der Waals surface area contributed by atoms with Gasteiger partial charge < -0.3 is 16.2 Å². The first-order chi connectivity index (χ1) is 13.3. The van der Waals surface area contributed by atoms with E-state index in [4.69, 9.17) is 5.73 Å². The van der Waals surface area contributed by atoms with E-state index in [1.807, 2.05) is 0 Å². The molecule has 1 amide bonds. The number of aliphatic carboxylic acids is 1. The molecular weight excluding hydrogens is 359 g/mol. The summed E-state index contributed by atoms with van der Waals surface area (Å²) < 4.78 is 13.4. The van der Waals surface area contributed by atoms with Gasteiger partial charge in [-0.1, -0.05) is 37.5 Å². The molecule has 0 aliphatic heterocycles. The SMILES string of the molecule is C[C@@](NC(=O)c1ccc(-c2cccc(F)c2)cc1N)(C(=O)O)C1CCCCC1. The molecule has 1 fully saturated rings. The Labute approximate surface area is 163 Å². The normalized spacial score (nSPS) is 16.9. The van der Waals surface area contributed by atoms with E-state index in [-0.39, 0.29) is 23.0 Å². The minimum atomic E-state index is -1.34. The highest BCUT2D eigenvalue weighted by atomic mass is 19.1. The Morgan fingerprint density at radius 1 is 1.11 bits per heavy atom. The zero-order chi connectivity index (χ0) is 20.3. The Morgan fingerprint density at radius 3 is 2.39 bits per heavy atom. The number of carboxylic acid groups (broad SMARTS) is 1. The van der Waals surface area contributed by atoms with E-state index >= 15 is 0 Å². The number of benzene rings is 2. The monoisotopic (exact) mass is 384 g/mol. The molecule has 28 heavy (non-hydrogen) atoms. The first-order valence-electron chi connectivity index (χ1n) is 9.52. The fourth-order valence-corrected chi connectivity index (χ4v) is 3.93. The number of rotatable bonds is 5. The minimum absolute atomic E-state index is 0.115. The zero-order valence-corrected chi connectivity index (χ0v) is 15.9. The van der Waals surface area contributed by atoms with Crippen molar-refractivity contribution in [2.75, 3.05) is 5.73 Å². The van der Waals surface area contributed by atoms with E-state index in [0.717, 1.165) is 32.1 Å². The third kappa shape index (κ3) is 4.01. The molecule has 2 aromatic rings. The lowest BCUT2D eigenvalue weighted by molar-refractivity contribution is -0.146. The van der Waals surface area contributed by atoms with Gasteiger partial charge >= 0.3 is 5.97 Å². The van der Waals surface area contributed by atoms with Crippen molar-refractivity contribution in [3.05, 3.63) is 53.8 Å². The minimum Gasteiger partial charge on any atom is -0.480 e. The zero-order valence-electron chi connectivity index (χ0n) is 15.9. The standard InChI is InChI=1S/C22H25FN2O3/c1-22(21(27)28,16-7-3-2-4-8-16)25-20(26)18-11-10-15(13-19(18)24)14-6-5-9-17(23)12-14/h5-6,9-13,16H,2-4,7-8,24H2,1H3,(H,25,26)(H,27,28)/t22-/m0/s1. The highest BCUT2D eigenvalue weighted by molar-refractivity contribution is 6.02. The molecule has 4 N–H and O–H groups in total. The van der Waals surface area contributed by atoms with E-state index in [1.165, 1.54) is 12.1 Å². The fraction of sp³-hybridized carbons (Fsp3) is 0.364. The highest BCUT2D eigenvalue weighted by Gasteiger charge is 2.43. The molecular formula is C22H25FN2O3. The van der Waals surface area contributed by atoms with Crippen molar-refractivity contribution in [3.8, 4) is 11.1 Å². The molecule has 0 unspecified atom stereocenters. The van der Waals surface area contributed by atoms with Crippen LogP contribution in [-0.2, 0) is 4.79 Å². The lowest BCUT2D eigenvalue weighted by Crippen LogP contribution is -2.57. The number of amides is 1. The fourth-order valence-electron chi connectivity index (χ4n) is 3.93. The Kier molecular flexibility index (Phi) is 5.68. The molecule has 5 nitrogen and oxygen atoms in total. The van der Waals surface area contributed by atoms with Gasteiger partial charge in [-0.05, 0) is 61.1 Å². The molecule has 148 valence electrons. The van der Waals surface area contributed by atoms with Crippen LogP contribution in [0.25, 0.3) is 11.1 Å². The number of carbonyl (C=O) groups excluding carboxylic acids is 1. The molecule has 1 aliphatic rings. The predicted molar refractivity (Wildman–Crippen MR) is 106 cm³/mol. The Balaban J connectivity index is 1.84. The number of anilines is 1. The quantitative estimate of drug-likeness (QED) is 0.673. The van der Waals surface area contributed by atoms with Crippen LogP contribution in [0.2, 0.25) is 0 Å². The van der Waals surface area contributed by atoms with E-state index < -0.39 is 17.4 Å². The average molecular weight is 384 g/mol. The van der Waals surface area contributed by atoms with Crippen LogP contribution in [0.5, 0.6) is 0 Å². The first-order valence-corrected chi connectivity index (χ1v) is 9.52. The van der Waals surface area contributed by atoms with Gasteiger partial charge in [-0.25, -0.2) is 9.18 Å². The van der Waals surface area contributed by atoms with Crippen molar-refractivity contribution in [2.45, 2.75) is 44.6 Å². The van der Waals surface area contributed by atoms with Crippen LogP contribution in [0.4, 0.5) is 10.1 Å². The molecule has 1 atom stereocenters. The van der Waals surface area contributed by atoms with Crippen LogP contribution in [0.3, 0.4) is 0 Å². The van der Waals surface area contributed by atoms with Gasteiger partial charge in [0.25, 0.3) is 5.91 Å². The molecule has 6 heteroatoms. The number of carboxylic acids is 1. The lowest BCUT2D eigenvalue weighted by Gasteiger charge is -2.37. The number of halogens is 1. The second-order valence-corrected chi connectivity index (χ2v) is 7.61. The molecule has 1 aliphatic carbocycles. The summed E-state index contributed by atoms with van der Waals surface area (Å²) in [6.07, 6.45) is 4.57. The predicted octanol–water partition coefficient (Wildman–Crippen LogP) is 4.23. The largest absolute Gasteiger partial charge is 0.480 e. The molecule has 0 radical (unpaired) electrons. The molecule has 0 bridgehead atoms. The first kappa shape index (κ1) is 19.9. The third-order valence-corrected chi connectivity index (χ3v) is 5.69. The van der Waals surface area contributed by atoms with Gasteiger partial charge in [0.1, 0.15) is 11.4 Å². The van der Waals surface area contributed by atoms with Crippen molar-refractivity contribution < 1.29 is 19.1 Å². The van der Waals surface area contributed by atoms with E-state index in [2.05, 4.69) is 5.32 Å². The van der Waals surface area contributed by atoms with E-state index in [9.17, 15) is 19.1 Å².